The van der Waals surface area contributed by atoms with Gasteiger partial charge in [0, 0.05) is 30.5 Å². The number of benzene rings is 2. The lowest BCUT2D eigenvalue weighted by Gasteiger charge is -2.30. The number of ether oxygens (including phenoxy) is 3. The fraction of sp³-hybridized carbons (Fsp3) is 0.477. The predicted octanol–water partition coefficient (Wildman–Crippen LogP) is 5.76. The molecule has 16 nitrogen and oxygen atoms in total. The number of fused-ring (bicyclic) bond motifs is 1. The molecule has 2 aliphatic heterocycles. The third-order valence-corrected chi connectivity index (χ3v) is 11.0. The number of hydrogen-bond donors (Lipinski definition) is 4. The minimum atomic E-state index is -0.967. The first-order chi connectivity index (χ1) is 28.6. The van der Waals surface area contributed by atoms with E-state index in [-0.39, 0.29) is 48.6 Å². The van der Waals surface area contributed by atoms with E-state index < -0.39 is 35.9 Å². The molecule has 0 spiro atoms. The van der Waals surface area contributed by atoms with E-state index in [0.717, 1.165) is 40.7 Å². The van der Waals surface area contributed by atoms with Crippen molar-refractivity contribution in [3.63, 3.8) is 0 Å². The number of amides is 4. The molecule has 318 valence electrons. The van der Waals surface area contributed by atoms with Gasteiger partial charge in [0.25, 0.3) is 0 Å². The third kappa shape index (κ3) is 9.56. The van der Waals surface area contributed by atoms with Gasteiger partial charge in [-0.15, -0.1) is 0 Å². The van der Waals surface area contributed by atoms with E-state index >= 15 is 0 Å². The van der Waals surface area contributed by atoms with E-state index in [1.165, 1.54) is 14.2 Å². The molecule has 2 aromatic heterocycles. The highest BCUT2D eigenvalue weighted by Gasteiger charge is 2.49. The van der Waals surface area contributed by atoms with Gasteiger partial charge in [-0.05, 0) is 67.5 Å². The number of carbonyl (C=O) groups excluding carboxylic acids is 5. The molecule has 2 fully saturated rings. The fourth-order valence-electron chi connectivity index (χ4n) is 7.82. The quantitative estimate of drug-likeness (QED) is 0.0819. The summed E-state index contributed by atoms with van der Waals surface area (Å²) in [5.41, 5.74) is 3.71. The molecule has 0 saturated carbocycles. The molecular formula is C44H54N8O8. The molecule has 0 bridgehead atoms. The highest BCUT2D eigenvalue weighted by molar-refractivity contribution is 5.87. The van der Waals surface area contributed by atoms with E-state index in [2.05, 4.69) is 37.4 Å². The average Bonchev–Trinajstić information content (AvgIpc) is 4.06. The first-order valence-electron chi connectivity index (χ1n) is 20.3. The van der Waals surface area contributed by atoms with Crippen LogP contribution in [0.3, 0.4) is 0 Å². The van der Waals surface area contributed by atoms with Crippen molar-refractivity contribution in [2.45, 2.75) is 97.0 Å². The van der Waals surface area contributed by atoms with Crippen LogP contribution in [0.2, 0.25) is 0 Å². The number of carbonyl (C=O) groups is 5. The summed E-state index contributed by atoms with van der Waals surface area (Å²) in [7, 11) is 2.52. The van der Waals surface area contributed by atoms with Crippen LogP contribution in [0.15, 0.2) is 48.7 Å². The number of imidazole rings is 2. The fourth-order valence-corrected chi connectivity index (χ4v) is 7.82. The van der Waals surface area contributed by atoms with Crippen molar-refractivity contribution in [3.05, 3.63) is 71.4 Å². The molecule has 0 unspecified atom stereocenters. The van der Waals surface area contributed by atoms with Crippen LogP contribution in [-0.4, -0.2) is 105 Å². The van der Waals surface area contributed by atoms with Gasteiger partial charge in [-0.25, -0.2) is 19.6 Å². The lowest BCUT2D eigenvalue weighted by atomic mass is 10.0. The van der Waals surface area contributed by atoms with Gasteiger partial charge in [0.05, 0.1) is 55.8 Å². The molecule has 16 heteroatoms. The molecule has 6 rings (SSSR count). The number of methoxy groups -OCH3 is 2. The number of aromatic amines is 2. The minimum Gasteiger partial charge on any atom is -0.457 e. The maximum atomic E-state index is 14.0. The van der Waals surface area contributed by atoms with Crippen molar-refractivity contribution in [1.29, 1.82) is 0 Å². The molecule has 0 aliphatic carbocycles. The molecule has 4 N–H and O–H groups in total. The molecule has 60 heavy (non-hydrogen) atoms. The van der Waals surface area contributed by atoms with Crippen LogP contribution >= 0.6 is 0 Å². The van der Waals surface area contributed by atoms with Crippen LogP contribution < -0.4 is 10.6 Å². The summed E-state index contributed by atoms with van der Waals surface area (Å²) in [4.78, 5) is 83.8. The highest BCUT2D eigenvalue weighted by Crippen LogP contribution is 2.40. The Bertz CT molecular complexity index is 2290. The predicted molar refractivity (Wildman–Crippen MR) is 222 cm³/mol. The van der Waals surface area contributed by atoms with E-state index in [9.17, 15) is 24.0 Å². The number of esters is 1. The van der Waals surface area contributed by atoms with E-state index in [1.807, 2.05) is 70.2 Å². The number of likely N-dealkylation sites (tertiary alicyclic amines) is 2. The van der Waals surface area contributed by atoms with Crippen LogP contribution in [0.5, 0.6) is 0 Å². The first kappa shape index (κ1) is 43.2. The van der Waals surface area contributed by atoms with Crippen LogP contribution in [0, 0.1) is 23.7 Å². The number of aromatic nitrogens is 4. The second-order valence-corrected chi connectivity index (χ2v) is 16.2. The smallest absolute Gasteiger partial charge is 0.407 e. The van der Waals surface area contributed by atoms with Gasteiger partial charge < -0.3 is 44.6 Å². The van der Waals surface area contributed by atoms with Crippen LogP contribution in [0.25, 0.3) is 22.3 Å². The number of nitrogens with one attached hydrogen (secondary N) is 4. The Hall–Kier alpha value is -6.37. The van der Waals surface area contributed by atoms with Crippen molar-refractivity contribution < 1.29 is 38.2 Å². The zero-order valence-electron chi connectivity index (χ0n) is 35.4. The summed E-state index contributed by atoms with van der Waals surface area (Å²) >= 11 is 0. The van der Waals surface area contributed by atoms with Crippen molar-refractivity contribution in [2.75, 3.05) is 27.3 Å². The standard InChI is InChI=1S/C44H54N8O8/c1-9-35(53)60-44(6)22-34(52(24-44)41(55)37(26(4)5)50-43(57)59-8)39-46-30-19-16-28(21-31(30)47-39)13-12-27-14-17-29(18-15-27)32-23-45-38(48-32)33-11-10-20-51(33)40(54)36(25(2)3)49-42(56)58-7/h14-19,21,23,25-26,33-34,36-37H,9-11,20,22,24H2,1-8H3,(H,45,48)(H,46,47)(H,49,56)(H,50,57)/t33-,34-,36-,37-,44-/m0/s1. The Labute approximate surface area is 349 Å². The topological polar surface area (TPSA) is 201 Å². The maximum Gasteiger partial charge on any atom is 0.407 e. The van der Waals surface area contributed by atoms with Crippen LogP contribution in [0.4, 0.5) is 9.59 Å². The van der Waals surface area contributed by atoms with Gasteiger partial charge in [-0.3, -0.25) is 14.4 Å². The second-order valence-electron chi connectivity index (χ2n) is 16.2. The number of hydrogen-bond acceptors (Lipinski definition) is 10. The lowest BCUT2D eigenvalue weighted by Crippen LogP contribution is -2.52. The molecule has 4 heterocycles. The molecule has 5 atom stereocenters. The largest absolute Gasteiger partial charge is 0.457 e. The average molecular weight is 823 g/mol. The number of alkyl carbamates (subject to hydrolysis) is 2. The Kier molecular flexibility index (Phi) is 13.2. The summed E-state index contributed by atoms with van der Waals surface area (Å²) in [6.07, 6.45) is 2.49. The summed E-state index contributed by atoms with van der Waals surface area (Å²) < 4.78 is 15.4. The second kappa shape index (κ2) is 18.3. The monoisotopic (exact) mass is 822 g/mol. The Morgan fingerprint density at radius 2 is 1.47 bits per heavy atom. The van der Waals surface area contributed by atoms with Gasteiger partial charge in [-0.1, -0.05) is 58.6 Å². The van der Waals surface area contributed by atoms with Gasteiger partial charge >= 0.3 is 18.2 Å². The molecule has 2 saturated heterocycles. The molecule has 4 amide bonds. The third-order valence-electron chi connectivity index (χ3n) is 11.0. The molecule has 4 aromatic rings. The highest BCUT2D eigenvalue weighted by atomic mass is 16.6. The van der Waals surface area contributed by atoms with Gasteiger partial charge in [0.1, 0.15) is 29.3 Å². The molecule has 2 aliphatic rings. The summed E-state index contributed by atoms with van der Waals surface area (Å²) in [6, 6.07) is 11.0. The Morgan fingerprint density at radius 3 is 2.08 bits per heavy atom. The zero-order valence-corrected chi connectivity index (χ0v) is 35.4. The normalized spacial score (nSPS) is 19.8. The van der Waals surface area contributed by atoms with Crippen molar-refractivity contribution >= 4 is 41.0 Å². The van der Waals surface area contributed by atoms with Gasteiger partial charge in [0.2, 0.25) is 11.8 Å². The van der Waals surface area contributed by atoms with E-state index in [4.69, 9.17) is 19.2 Å². The van der Waals surface area contributed by atoms with Gasteiger partial charge in [-0.2, -0.15) is 0 Å². The van der Waals surface area contributed by atoms with E-state index in [0.29, 0.717) is 30.1 Å². The number of H-pyrrole nitrogens is 2. The van der Waals surface area contributed by atoms with Crippen LogP contribution in [-0.2, 0) is 28.6 Å². The lowest BCUT2D eigenvalue weighted by molar-refractivity contribution is -0.157. The summed E-state index contributed by atoms with van der Waals surface area (Å²) in [5.74, 6) is 6.45. The maximum absolute atomic E-state index is 14.0. The Balaban J connectivity index is 1.17. The van der Waals surface area contributed by atoms with E-state index in [1.54, 1.807) is 29.8 Å². The number of rotatable bonds is 11. The minimum absolute atomic E-state index is 0.124. The van der Waals surface area contributed by atoms with Crippen molar-refractivity contribution in [1.82, 2.24) is 40.4 Å². The molecule has 2 aromatic carbocycles. The Morgan fingerprint density at radius 1 is 0.850 bits per heavy atom. The van der Waals surface area contributed by atoms with Crippen LogP contribution in [0.1, 0.15) is 102 Å². The summed E-state index contributed by atoms with van der Waals surface area (Å²) in [6.45, 7) is 11.7. The zero-order chi connectivity index (χ0) is 43.3. The number of nitrogens with zero attached hydrogens (tertiary/aromatic N) is 4. The molecular weight excluding hydrogens is 769 g/mol. The molecule has 0 radical (unpaired) electrons. The van der Waals surface area contributed by atoms with Gasteiger partial charge in [0.15, 0.2) is 0 Å². The summed E-state index contributed by atoms with van der Waals surface area (Å²) in [5, 5.41) is 5.34. The first-order valence-corrected chi connectivity index (χ1v) is 20.3. The van der Waals surface area contributed by atoms with Crippen molar-refractivity contribution in [3.8, 4) is 23.1 Å². The van der Waals surface area contributed by atoms with Crippen molar-refractivity contribution in [2.24, 2.45) is 11.8 Å². The SMILES string of the molecule is CCC(=O)O[C@@]1(C)C[C@@H](c2nc3ccc(C#Cc4ccc(-c5cnc([C@@H]6CCCN6C(=O)[C@@H](NC(=O)OC)C(C)C)[nH]5)cc4)cc3[nH]2)N(C(=O)[C@@H](NC(=O)OC)C(C)C)C1.